The Kier molecular flexibility index (Phi) is 2.08. The highest BCUT2D eigenvalue weighted by atomic mass is 15.4. The van der Waals surface area contributed by atoms with Gasteiger partial charge in [0.2, 0.25) is 0 Å². The van der Waals surface area contributed by atoms with Gasteiger partial charge in [0.1, 0.15) is 5.69 Å². The predicted molar refractivity (Wildman–Crippen MR) is 54.6 cm³/mol. The number of hydrogen-bond acceptors (Lipinski definition) is 1. The van der Waals surface area contributed by atoms with Gasteiger partial charge in [-0.05, 0) is 18.6 Å². The average Bonchev–Trinajstić information content (AvgIpc) is 2.49. The topological polar surface area (TPSA) is 21.7 Å². The van der Waals surface area contributed by atoms with E-state index in [0.717, 1.165) is 0 Å². The molecular weight excluding hydrogens is 174 g/mol. The second-order valence-electron chi connectivity index (χ2n) is 3.49. The summed E-state index contributed by atoms with van der Waals surface area (Å²) >= 11 is 0. The lowest BCUT2D eigenvalue weighted by atomic mass is 10.1. The van der Waals surface area contributed by atoms with E-state index < -0.39 is 0 Å². The summed E-state index contributed by atoms with van der Waals surface area (Å²) in [4.78, 5) is 4.09. The molecular formula is C11H14N3+. The molecule has 2 rings (SSSR count). The van der Waals surface area contributed by atoms with Crippen LogP contribution in [0.2, 0.25) is 0 Å². The molecule has 2 heterocycles. The van der Waals surface area contributed by atoms with Crippen molar-refractivity contribution < 1.29 is 4.68 Å². The number of aromatic nitrogens is 3. The molecule has 0 aliphatic carbocycles. The minimum Gasteiger partial charge on any atom is -0.264 e. The maximum atomic E-state index is 4.09. The van der Waals surface area contributed by atoms with Gasteiger partial charge in [-0.15, -0.1) is 4.68 Å². The third-order valence-corrected chi connectivity index (χ3v) is 2.57. The molecule has 0 saturated heterocycles. The average molecular weight is 188 g/mol. The van der Waals surface area contributed by atoms with Gasteiger partial charge < -0.3 is 0 Å². The summed E-state index contributed by atoms with van der Waals surface area (Å²) in [7, 11) is 4.08. The van der Waals surface area contributed by atoms with E-state index in [1.165, 1.54) is 16.8 Å². The molecule has 0 aliphatic rings. The van der Waals surface area contributed by atoms with E-state index in [2.05, 4.69) is 40.6 Å². The van der Waals surface area contributed by atoms with E-state index >= 15 is 0 Å². The van der Waals surface area contributed by atoms with Crippen LogP contribution in [-0.2, 0) is 14.1 Å². The van der Waals surface area contributed by atoms with Crippen LogP contribution in [0.1, 0.15) is 5.56 Å². The summed E-state index contributed by atoms with van der Waals surface area (Å²) in [6.45, 7) is 2.08. The van der Waals surface area contributed by atoms with Gasteiger partial charge in [-0.2, -0.15) is 4.68 Å². The summed E-state index contributed by atoms with van der Waals surface area (Å²) in [5.74, 6) is 0. The Balaban J connectivity index is 2.60. The van der Waals surface area contributed by atoms with Crippen LogP contribution in [0.5, 0.6) is 0 Å². The first-order chi connectivity index (χ1) is 6.70. The molecule has 0 aromatic carbocycles. The van der Waals surface area contributed by atoms with Gasteiger partial charge in [0.05, 0.1) is 7.05 Å². The molecule has 3 heteroatoms. The lowest BCUT2D eigenvalue weighted by Gasteiger charge is -2.02. The van der Waals surface area contributed by atoms with Gasteiger partial charge in [0, 0.05) is 24.0 Å². The van der Waals surface area contributed by atoms with E-state index in [9.17, 15) is 0 Å². The van der Waals surface area contributed by atoms with E-state index in [4.69, 9.17) is 0 Å². The lowest BCUT2D eigenvalue weighted by Crippen LogP contribution is -2.36. The van der Waals surface area contributed by atoms with Gasteiger partial charge in [0.15, 0.2) is 13.2 Å². The lowest BCUT2D eigenvalue weighted by molar-refractivity contribution is -0.750. The fourth-order valence-corrected chi connectivity index (χ4v) is 1.58. The van der Waals surface area contributed by atoms with E-state index in [-0.39, 0.29) is 0 Å². The summed E-state index contributed by atoms with van der Waals surface area (Å²) < 4.78 is 4.16. The van der Waals surface area contributed by atoms with E-state index in [0.29, 0.717) is 0 Å². The first kappa shape index (κ1) is 8.94. The van der Waals surface area contributed by atoms with Crippen molar-refractivity contribution in [2.24, 2.45) is 14.1 Å². The fraction of sp³-hybridized carbons (Fsp3) is 0.273. The monoisotopic (exact) mass is 188 g/mol. The standard InChI is InChI=1S/C11H14N3/c1-9-8-12-6-4-10(9)11-5-7-13(2)14(11)3/h4-8H,1-3H3/q+1. The molecule has 0 spiro atoms. The van der Waals surface area contributed by atoms with E-state index in [1.807, 2.05) is 25.5 Å². The van der Waals surface area contributed by atoms with Crippen molar-refractivity contribution in [1.82, 2.24) is 9.67 Å². The Morgan fingerprint density at radius 3 is 2.71 bits per heavy atom. The zero-order valence-corrected chi connectivity index (χ0v) is 8.73. The smallest absolute Gasteiger partial charge is 0.196 e. The van der Waals surface area contributed by atoms with Crippen LogP contribution in [0, 0.1) is 6.92 Å². The molecule has 72 valence electrons. The van der Waals surface area contributed by atoms with Crippen LogP contribution < -0.4 is 4.68 Å². The van der Waals surface area contributed by atoms with Crippen LogP contribution in [0.4, 0.5) is 0 Å². The molecule has 2 aromatic heterocycles. The molecule has 3 nitrogen and oxygen atoms in total. The van der Waals surface area contributed by atoms with Crippen LogP contribution in [-0.4, -0.2) is 9.67 Å². The van der Waals surface area contributed by atoms with Crippen LogP contribution in [0.25, 0.3) is 11.3 Å². The molecule has 0 radical (unpaired) electrons. The highest BCUT2D eigenvalue weighted by molar-refractivity contribution is 5.61. The van der Waals surface area contributed by atoms with E-state index in [1.54, 1.807) is 0 Å². The summed E-state index contributed by atoms with van der Waals surface area (Å²) in [5, 5.41) is 0. The van der Waals surface area contributed by atoms with Crippen molar-refractivity contribution in [1.29, 1.82) is 0 Å². The maximum Gasteiger partial charge on any atom is 0.196 e. The quantitative estimate of drug-likeness (QED) is 0.617. The molecule has 0 aliphatic heterocycles. The van der Waals surface area contributed by atoms with Crippen molar-refractivity contribution in [3.05, 3.63) is 36.3 Å². The summed E-state index contributed by atoms with van der Waals surface area (Å²) in [6, 6.07) is 4.16. The van der Waals surface area contributed by atoms with Gasteiger partial charge >= 0.3 is 0 Å². The van der Waals surface area contributed by atoms with Crippen molar-refractivity contribution >= 4 is 0 Å². The molecule has 0 N–H and O–H groups in total. The minimum absolute atomic E-state index is 1.20. The molecule has 0 unspecified atom stereocenters. The Hall–Kier alpha value is -1.64. The van der Waals surface area contributed by atoms with Crippen molar-refractivity contribution in [3.63, 3.8) is 0 Å². The Morgan fingerprint density at radius 2 is 2.14 bits per heavy atom. The number of aryl methyl sites for hydroxylation is 2. The van der Waals surface area contributed by atoms with Crippen molar-refractivity contribution in [2.45, 2.75) is 6.92 Å². The normalized spacial score (nSPS) is 10.5. The first-order valence-electron chi connectivity index (χ1n) is 4.63. The van der Waals surface area contributed by atoms with Crippen LogP contribution in [0.15, 0.2) is 30.7 Å². The largest absolute Gasteiger partial charge is 0.264 e. The number of nitrogens with zero attached hydrogens (tertiary/aromatic N) is 3. The Morgan fingerprint density at radius 1 is 1.36 bits per heavy atom. The zero-order chi connectivity index (χ0) is 10.1. The predicted octanol–water partition coefficient (Wildman–Crippen LogP) is 1.22. The second-order valence-corrected chi connectivity index (χ2v) is 3.49. The second kappa shape index (κ2) is 3.25. The highest BCUT2D eigenvalue weighted by Gasteiger charge is 2.10. The molecule has 0 fully saturated rings. The molecule has 0 atom stereocenters. The van der Waals surface area contributed by atoms with Crippen LogP contribution in [0.3, 0.4) is 0 Å². The summed E-state index contributed by atoms with van der Waals surface area (Å²) in [6.07, 6.45) is 5.77. The fourth-order valence-electron chi connectivity index (χ4n) is 1.58. The molecule has 0 amide bonds. The van der Waals surface area contributed by atoms with Crippen molar-refractivity contribution in [3.8, 4) is 11.3 Å². The third-order valence-electron chi connectivity index (χ3n) is 2.57. The minimum atomic E-state index is 1.20. The maximum absolute atomic E-state index is 4.09. The number of hydrogen-bond donors (Lipinski definition) is 0. The van der Waals surface area contributed by atoms with Crippen molar-refractivity contribution in [2.75, 3.05) is 0 Å². The molecule has 0 bridgehead atoms. The number of rotatable bonds is 1. The van der Waals surface area contributed by atoms with Gasteiger partial charge in [-0.25, -0.2) is 0 Å². The molecule has 14 heavy (non-hydrogen) atoms. The van der Waals surface area contributed by atoms with Gasteiger partial charge in [-0.1, -0.05) is 0 Å². The van der Waals surface area contributed by atoms with Gasteiger partial charge in [-0.3, -0.25) is 4.98 Å². The Labute approximate surface area is 83.6 Å². The Bertz CT molecular complexity index is 457. The highest BCUT2D eigenvalue weighted by Crippen LogP contribution is 2.19. The summed E-state index contributed by atoms with van der Waals surface area (Å²) in [5.41, 5.74) is 3.66. The van der Waals surface area contributed by atoms with Crippen LogP contribution >= 0.6 is 0 Å². The third kappa shape index (κ3) is 1.31. The van der Waals surface area contributed by atoms with Gasteiger partial charge in [0.25, 0.3) is 0 Å². The SMILES string of the molecule is Cc1cnccc1-c1cc[n+](C)n1C. The number of pyridine rings is 1. The zero-order valence-electron chi connectivity index (χ0n) is 8.73. The molecule has 2 aromatic rings. The molecule has 0 saturated carbocycles. The first-order valence-corrected chi connectivity index (χ1v) is 4.63.